The molecular weight excluding hydrogens is 576 g/mol. The third kappa shape index (κ3) is 7.94. The van der Waals surface area contributed by atoms with Gasteiger partial charge in [-0.1, -0.05) is 41.4 Å². The summed E-state index contributed by atoms with van der Waals surface area (Å²) in [5, 5.41) is 8.59. The minimum atomic E-state index is -0.317. The van der Waals surface area contributed by atoms with Gasteiger partial charge < -0.3 is 15.0 Å². The van der Waals surface area contributed by atoms with Gasteiger partial charge in [0.1, 0.15) is 18.2 Å². The maximum absolute atomic E-state index is 13.4. The van der Waals surface area contributed by atoms with Crippen LogP contribution in [0.1, 0.15) is 30.4 Å². The molecule has 3 aromatic carbocycles. The van der Waals surface area contributed by atoms with Gasteiger partial charge in [-0.3, -0.25) is 0 Å². The van der Waals surface area contributed by atoms with E-state index < -0.39 is 0 Å². The van der Waals surface area contributed by atoms with Gasteiger partial charge in [0.2, 0.25) is 17.8 Å². The van der Waals surface area contributed by atoms with Gasteiger partial charge in [-0.25, -0.2) is 9.82 Å². The van der Waals surface area contributed by atoms with E-state index in [1.807, 2.05) is 30.3 Å². The molecule has 40 heavy (non-hydrogen) atoms. The summed E-state index contributed by atoms with van der Waals surface area (Å²) in [6, 6.07) is 18.8. The number of nitrogens with zero attached hydrogens (tertiary/aromatic N) is 5. The van der Waals surface area contributed by atoms with Crippen molar-refractivity contribution >= 4 is 65.4 Å². The summed E-state index contributed by atoms with van der Waals surface area (Å²) >= 11 is 12.3. The second-order valence-electron chi connectivity index (χ2n) is 8.89. The monoisotopic (exact) mass is 601 g/mol. The molecule has 0 amide bonds. The summed E-state index contributed by atoms with van der Waals surface area (Å²) in [6.07, 6.45) is 4.97. The lowest BCUT2D eigenvalue weighted by Gasteiger charge is -2.26. The van der Waals surface area contributed by atoms with Crippen molar-refractivity contribution in [1.29, 1.82) is 0 Å². The molecule has 8 nitrogen and oxygen atoms in total. The van der Waals surface area contributed by atoms with E-state index in [1.54, 1.807) is 30.5 Å². The number of piperidine rings is 1. The summed E-state index contributed by atoms with van der Waals surface area (Å²) in [5.74, 6) is 1.48. The van der Waals surface area contributed by atoms with E-state index in [0.717, 1.165) is 37.1 Å². The fourth-order valence-corrected chi connectivity index (χ4v) is 4.50. The Hall–Kier alpha value is -3.66. The summed E-state index contributed by atoms with van der Waals surface area (Å²) in [7, 11) is 0. The number of hydrogen-bond acceptors (Lipinski definition) is 8. The molecule has 2 heterocycles. The zero-order valence-corrected chi connectivity index (χ0v) is 23.7. The van der Waals surface area contributed by atoms with Crippen LogP contribution in [0.3, 0.4) is 0 Å². The minimum absolute atomic E-state index is 0. The van der Waals surface area contributed by atoms with Crippen LogP contribution >= 0.6 is 35.6 Å². The maximum Gasteiger partial charge on any atom is 0.250 e. The second kappa shape index (κ2) is 14.1. The van der Waals surface area contributed by atoms with Gasteiger partial charge in [-0.2, -0.15) is 20.1 Å². The van der Waals surface area contributed by atoms with Gasteiger partial charge >= 0.3 is 0 Å². The predicted octanol–water partition coefficient (Wildman–Crippen LogP) is 7.50. The van der Waals surface area contributed by atoms with E-state index in [0.29, 0.717) is 33.4 Å². The number of halogens is 4. The highest BCUT2D eigenvalue weighted by Gasteiger charge is 2.16. The van der Waals surface area contributed by atoms with E-state index in [4.69, 9.17) is 27.9 Å². The minimum Gasteiger partial charge on any atom is -0.488 e. The number of hydrazone groups is 1. The fraction of sp³-hybridized carbons (Fsp3) is 0.214. The lowest BCUT2D eigenvalue weighted by molar-refractivity contribution is 0.306. The molecule has 1 saturated heterocycles. The Morgan fingerprint density at radius 3 is 2.45 bits per heavy atom. The molecule has 0 unspecified atom stereocenters. The SMILES string of the molecule is Cl.Fc1ccc(Nc2nc(NN=Cc3ccccc3OCc3ccc(Cl)cc3Cl)nc(N3CCCCC3)n2)cc1. The van der Waals surface area contributed by atoms with Crippen LogP contribution in [0.15, 0.2) is 71.8 Å². The molecule has 0 spiro atoms. The molecule has 4 aromatic rings. The first-order valence-electron chi connectivity index (χ1n) is 12.5. The highest BCUT2D eigenvalue weighted by molar-refractivity contribution is 6.35. The van der Waals surface area contributed by atoms with Gasteiger partial charge in [0.15, 0.2) is 0 Å². The van der Waals surface area contributed by atoms with Crippen LogP contribution in [-0.2, 0) is 6.61 Å². The average Bonchev–Trinajstić information content (AvgIpc) is 2.95. The number of para-hydroxylation sites is 1. The number of ether oxygens (including phenoxy) is 1. The van der Waals surface area contributed by atoms with Crippen molar-refractivity contribution in [3.63, 3.8) is 0 Å². The van der Waals surface area contributed by atoms with Crippen molar-refractivity contribution in [2.75, 3.05) is 28.7 Å². The summed E-state index contributed by atoms with van der Waals surface area (Å²) in [4.78, 5) is 15.8. The molecule has 0 bridgehead atoms. The lowest BCUT2D eigenvalue weighted by atomic mass is 10.1. The molecule has 0 radical (unpaired) electrons. The quantitative estimate of drug-likeness (QED) is 0.152. The molecule has 1 fully saturated rings. The standard InChI is InChI=1S/C28H26Cl2FN7O.ClH/c29-21-9-8-20(24(30)16-21)18-39-25-7-3-2-6-19(25)17-32-37-27-34-26(33-23-12-10-22(31)11-13-23)35-28(36-27)38-14-4-1-5-15-38;/h2-3,6-13,16-17H,1,4-5,14-15,18H2,(H2,33,34,35,36,37);1H. The summed E-state index contributed by atoms with van der Waals surface area (Å²) < 4.78 is 19.4. The van der Waals surface area contributed by atoms with Crippen molar-refractivity contribution in [3.05, 3.63) is 93.7 Å². The number of rotatable bonds is 9. The maximum atomic E-state index is 13.4. The zero-order valence-electron chi connectivity index (χ0n) is 21.4. The topological polar surface area (TPSA) is 87.6 Å². The average molecular weight is 603 g/mol. The lowest BCUT2D eigenvalue weighted by Crippen LogP contribution is -2.31. The summed E-state index contributed by atoms with van der Waals surface area (Å²) in [6.45, 7) is 2.01. The Morgan fingerprint density at radius 1 is 0.925 bits per heavy atom. The number of benzene rings is 3. The van der Waals surface area contributed by atoms with Crippen LogP contribution in [0, 0.1) is 5.82 Å². The third-order valence-electron chi connectivity index (χ3n) is 6.05. The first-order valence-corrected chi connectivity index (χ1v) is 13.3. The molecule has 12 heteroatoms. The normalized spacial score (nSPS) is 13.1. The third-order valence-corrected chi connectivity index (χ3v) is 6.64. The van der Waals surface area contributed by atoms with Crippen molar-refractivity contribution < 1.29 is 9.13 Å². The van der Waals surface area contributed by atoms with Gasteiger partial charge in [0.25, 0.3) is 0 Å². The molecule has 0 aliphatic carbocycles. The van der Waals surface area contributed by atoms with Crippen LogP contribution in [0.5, 0.6) is 5.75 Å². The Balaban J connectivity index is 0.00000370. The van der Waals surface area contributed by atoms with E-state index in [2.05, 4.69) is 35.7 Å². The Labute approximate surface area is 248 Å². The van der Waals surface area contributed by atoms with E-state index in [1.165, 1.54) is 18.6 Å². The van der Waals surface area contributed by atoms with E-state index in [9.17, 15) is 4.39 Å². The summed E-state index contributed by atoms with van der Waals surface area (Å²) in [5.41, 5.74) is 5.15. The second-order valence-corrected chi connectivity index (χ2v) is 9.74. The van der Waals surface area contributed by atoms with Gasteiger partial charge in [-0.15, -0.1) is 12.4 Å². The first kappa shape index (κ1) is 29.3. The number of aromatic nitrogens is 3. The van der Waals surface area contributed by atoms with Crippen molar-refractivity contribution in [3.8, 4) is 5.75 Å². The molecule has 1 aliphatic rings. The van der Waals surface area contributed by atoms with Gasteiger partial charge in [0, 0.05) is 39.9 Å². The first-order chi connectivity index (χ1) is 19.0. The van der Waals surface area contributed by atoms with Crippen molar-refractivity contribution in [2.24, 2.45) is 5.10 Å². The molecule has 2 N–H and O–H groups in total. The van der Waals surface area contributed by atoms with Crippen LogP contribution in [-0.4, -0.2) is 34.3 Å². The van der Waals surface area contributed by atoms with Crippen molar-refractivity contribution in [2.45, 2.75) is 25.9 Å². The van der Waals surface area contributed by atoms with Crippen LogP contribution in [0.25, 0.3) is 0 Å². The highest BCUT2D eigenvalue weighted by Crippen LogP contribution is 2.24. The largest absolute Gasteiger partial charge is 0.488 e. The zero-order chi connectivity index (χ0) is 27.0. The number of hydrogen-bond donors (Lipinski definition) is 2. The predicted molar refractivity (Wildman–Crippen MR) is 161 cm³/mol. The van der Waals surface area contributed by atoms with Crippen LogP contribution in [0.2, 0.25) is 10.0 Å². The van der Waals surface area contributed by atoms with Crippen LogP contribution < -0.4 is 20.4 Å². The van der Waals surface area contributed by atoms with E-state index >= 15 is 0 Å². The molecule has 0 saturated carbocycles. The van der Waals surface area contributed by atoms with Crippen molar-refractivity contribution in [1.82, 2.24) is 15.0 Å². The molecular formula is C28H27Cl3FN7O. The van der Waals surface area contributed by atoms with Gasteiger partial charge in [-0.05, 0) is 67.8 Å². The number of anilines is 4. The molecule has 208 valence electrons. The molecule has 0 atom stereocenters. The Kier molecular flexibility index (Phi) is 10.3. The Bertz CT molecular complexity index is 1450. The number of nitrogens with one attached hydrogen (secondary N) is 2. The fourth-order valence-electron chi connectivity index (χ4n) is 4.04. The van der Waals surface area contributed by atoms with Crippen LogP contribution in [0.4, 0.5) is 27.9 Å². The molecule has 1 aliphatic heterocycles. The molecule has 5 rings (SSSR count). The smallest absolute Gasteiger partial charge is 0.250 e. The van der Waals surface area contributed by atoms with E-state index in [-0.39, 0.29) is 30.8 Å². The highest BCUT2D eigenvalue weighted by atomic mass is 35.5. The Morgan fingerprint density at radius 2 is 1.68 bits per heavy atom. The molecule has 1 aromatic heterocycles. The van der Waals surface area contributed by atoms with Gasteiger partial charge in [0.05, 0.1) is 6.21 Å².